The molecule has 0 bridgehead atoms. The van der Waals surface area contributed by atoms with Gasteiger partial charge in [-0.05, 0) is 69.1 Å². The molecule has 16 nitrogen and oxygen atoms in total. The van der Waals surface area contributed by atoms with Crippen LogP contribution in [0.25, 0.3) is 11.3 Å². The molecule has 0 aliphatic carbocycles. The van der Waals surface area contributed by atoms with Crippen molar-refractivity contribution in [2.75, 3.05) is 44.6 Å². The van der Waals surface area contributed by atoms with E-state index in [4.69, 9.17) is 16.9 Å². The molecule has 7 rings (SSSR count). The largest absolute Gasteiger partial charge is 0.384 e. The molecule has 5 heterocycles. The number of hydrogen-bond acceptors (Lipinski definition) is 11. The van der Waals surface area contributed by atoms with Crippen molar-refractivity contribution >= 4 is 46.8 Å². The number of piperidine rings is 1. The Morgan fingerprint density at radius 2 is 1.84 bits per heavy atom. The summed E-state index contributed by atoms with van der Waals surface area (Å²) in [6, 6.07) is 14.8. The first-order valence-electron chi connectivity index (χ1n) is 18.7. The second-order valence-corrected chi connectivity index (χ2v) is 14.7. The van der Waals surface area contributed by atoms with Gasteiger partial charge in [-0.25, -0.2) is 0 Å². The molecule has 2 saturated heterocycles. The summed E-state index contributed by atoms with van der Waals surface area (Å²) in [5.41, 5.74) is 4.22. The highest BCUT2D eigenvalue weighted by molar-refractivity contribution is 6.32. The number of imide groups is 2. The van der Waals surface area contributed by atoms with E-state index in [0.29, 0.717) is 41.6 Å². The number of nitriles is 1. The van der Waals surface area contributed by atoms with Crippen LogP contribution in [-0.2, 0) is 22.7 Å². The van der Waals surface area contributed by atoms with Gasteiger partial charge in [0.05, 0.1) is 39.6 Å². The summed E-state index contributed by atoms with van der Waals surface area (Å²) in [5, 5.41) is 29.9. The lowest BCUT2D eigenvalue weighted by molar-refractivity contribution is -0.136. The topological polar surface area (TPSA) is 201 Å². The fourth-order valence-corrected chi connectivity index (χ4v) is 7.55. The van der Waals surface area contributed by atoms with Crippen LogP contribution in [0.15, 0.2) is 54.7 Å². The van der Waals surface area contributed by atoms with Gasteiger partial charge >= 0.3 is 0 Å². The number of hydrogen-bond donors (Lipinski definition) is 4. The number of aromatic nitrogens is 4. The van der Waals surface area contributed by atoms with Crippen LogP contribution in [0.1, 0.15) is 75.1 Å². The molecule has 2 aromatic heterocycles. The first-order valence-corrected chi connectivity index (χ1v) is 19.1. The summed E-state index contributed by atoms with van der Waals surface area (Å²) in [6.45, 7) is 8.16. The van der Waals surface area contributed by atoms with Gasteiger partial charge in [-0.1, -0.05) is 23.7 Å². The monoisotopic (exact) mass is 779 g/mol. The second-order valence-electron chi connectivity index (χ2n) is 14.3. The molecule has 3 aliphatic heterocycles. The van der Waals surface area contributed by atoms with E-state index < -0.39 is 29.7 Å². The van der Waals surface area contributed by atoms with Gasteiger partial charge in [-0.15, -0.1) is 0 Å². The molecular weight excluding hydrogens is 738 g/mol. The van der Waals surface area contributed by atoms with Crippen LogP contribution in [0, 0.1) is 11.3 Å². The van der Waals surface area contributed by atoms with Crippen molar-refractivity contribution < 1.29 is 24.0 Å². The minimum absolute atomic E-state index is 0.0770. The van der Waals surface area contributed by atoms with Crippen LogP contribution in [0.4, 0.5) is 5.69 Å². The van der Waals surface area contributed by atoms with Gasteiger partial charge in [-0.3, -0.25) is 48.9 Å². The summed E-state index contributed by atoms with van der Waals surface area (Å²) in [7, 11) is 0. The fourth-order valence-electron chi connectivity index (χ4n) is 7.32. The molecule has 17 heteroatoms. The number of carbonyl (C=O) groups excluding carboxylic acids is 5. The normalized spacial score (nSPS) is 18.1. The predicted octanol–water partition coefficient (Wildman–Crippen LogP) is 3.03. The Morgan fingerprint density at radius 1 is 1.04 bits per heavy atom. The summed E-state index contributed by atoms with van der Waals surface area (Å²) in [5.74, 6) is -2.33. The average Bonchev–Trinajstić information content (AvgIpc) is 3.91. The maximum absolute atomic E-state index is 13.3. The number of nitrogens with one attached hydrogen (secondary N) is 4. The van der Waals surface area contributed by atoms with Crippen LogP contribution in [0.5, 0.6) is 0 Å². The number of anilines is 1. The Balaban J connectivity index is 0.803. The van der Waals surface area contributed by atoms with Crippen molar-refractivity contribution in [3.63, 3.8) is 0 Å². The highest BCUT2D eigenvalue weighted by Crippen LogP contribution is 2.32. The van der Waals surface area contributed by atoms with E-state index in [1.807, 2.05) is 19.2 Å². The van der Waals surface area contributed by atoms with E-state index in [0.717, 1.165) is 67.4 Å². The van der Waals surface area contributed by atoms with Gasteiger partial charge in [0.25, 0.3) is 17.7 Å². The van der Waals surface area contributed by atoms with Crippen molar-refractivity contribution in [1.82, 2.24) is 45.3 Å². The Kier molecular flexibility index (Phi) is 11.6. The molecule has 4 N–H and O–H groups in total. The van der Waals surface area contributed by atoms with E-state index in [-0.39, 0.29) is 35.9 Å². The molecule has 0 saturated carbocycles. The highest BCUT2D eigenvalue weighted by atomic mass is 35.5. The molecule has 2 atom stereocenters. The zero-order valence-corrected chi connectivity index (χ0v) is 31.6. The number of amides is 5. The third-order valence-electron chi connectivity index (χ3n) is 10.3. The Labute approximate surface area is 328 Å². The molecule has 2 aromatic carbocycles. The fraction of sp³-hybridized carbons (Fsp3) is 0.385. The van der Waals surface area contributed by atoms with Crippen LogP contribution >= 0.6 is 11.6 Å². The molecule has 0 spiro atoms. The first kappa shape index (κ1) is 38.4. The smallest absolute Gasteiger partial charge is 0.272 e. The Hall–Kier alpha value is -5.89. The summed E-state index contributed by atoms with van der Waals surface area (Å²) in [4.78, 5) is 69.1. The Morgan fingerprint density at radius 3 is 2.61 bits per heavy atom. The molecule has 290 valence electrons. The minimum atomic E-state index is -0.995. The van der Waals surface area contributed by atoms with Gasteiger partial charge in [0.1, 0.15) is 17.8 Å². The standard InChI is InChI=1S/C39H42ClN11O5/c1-24(22-50-14-11-30(47-50)25-7-8-26(21-41)29(40)19-25)43-36(53)32-20-27(45-46-32)23-49-17-15-48(16-18-49)13-3-2-12-42-31-6-4-5-28-35(31)39(56)51(38(28)55)33-9-10-34(52)44-37(33)54/h4-8,11,14,19-20,24,33,42H,2-3,9-10,12-13,15-18,22-23H2,1H3,(H,43,53)(H,45,46)(H,44,52,54)/t24-,33?/m1/s1. The van der Waals surface area contributed by atoms with Crippen LogP contribution in [0.3, 0.4) is 0 Å². The molecule has 2 fully saturated rings. The van der Waals surface area contributed by atoms with E-state index in [1.54, 1.807) is 47.1 Å². The van der Waals surface area contributed by atoms with Crippen LogP contribution in [0.2, 0.25) is 5.02 Å². The van der Waals surface area contributed by atoms with Crippen LogP contribution < -0.4 is 16.0 Å². The molecule has 56 heavy (non-hydrogen) atoms. The highest BCUT2D eigenvalue weighted by Gasteiger charge is 2.45. The van der Waals surface area contributed by atoms with Gasteiger partial charge < -0.3 is 15.5 Å². The van der Waals surface area contributed by atoms with Gasteiger partial charge in [0.15, 0.2) is 0 Å². The van der Waals surface area contributed by atoms with E-state index >= 15 is 0 Å². The number of rotatable bonds is 14. The first-order chi connectivity index (χ1) is 27.1. The van der Waals surface area contributed by atoms with E-state index in [9.17, 15) is 24.0 Å². The zero-order chi connectivity index (χ0) is 39.3. The van der Waals surface area contributed by atoms with Gasteiger partial charge in [0, 0.05) is 69.2 Å². The lowest BCUT2D eigenvalue weighted by Gasteiger charge is -2.34. The molecule has 5 amide bonds. The van der Waals surface area contributed by atoms with Gasteiger partial charge in [0.2, 0.25) is 11.8 Å². The molecule has 4 aromatic rings. The number of piperazine rings is 1. The quantitative estimate of drug-likeness (QED) is 0.108. The van der Waals surface area contributed by atoms with Crippen molar-refractivity contribution in [3.05, 3.63) is 87.8 Å². The maximum Gasteiger partial charge on any atom is 0.272 e. The number of aromatic amines is 1. The number of carbonyl (C=O) groups is 5. The molecule has 0 radical (unpaired) electrons. The maximum atomic E-state index is 13.3. The van der Waals surface area contributed by atoms with Crippen molar-refractivity contribution in [2.45, 2.75) is 57.8 Å². The number of H-pyrrole nitrogens is 1. The van der Waals surface area contributed by atoms with E-state index in [1.165, 1.54) is 0 Å². The lowest BCUT2D eigenvalue weighted by Crippen LogP contribution is -2.54. The Bertz CT molecular complexity index is 2200. The second kappa shape index (κ2) is 16.9. The number of halogens is 1. The predicted molar refractivity (Wildman–Crippen MR) is 205 cm³/mol. The molecule has 1 unspecified atom stereocenters. The average molecular weight is 780 g/mol. The number of unbranched alkanes of at least 4 members (excludes halogenated alkanes) is 1. The summed E-state index contributed by atoms with van der Waals surface area (Å²) >= 11 is 6.18. The van der Waals surface area contributed by atoms with Crippen molar-refractivity contribution in [1.29, 1.82) is 5.26 Å². The number of benzene rings is 2. The van der Waals surface area contributed by atoms with Gasteiger partial charge in [-0.2, -0.15) is 15.5 Å². The summed E-state index contributed by atoms with van der Waals surface area (Å²) in [6.07, 6.45) is 3.84. The lowest BCUT2D eigenvalue weighted by atomic mass is 10.0. The molecule has 3 aliphatic rings. The zero-order valence-electron chi connectivity index (χ0n) is 30.9. The molecular formula is C39H42ClN11O5. The minimum Gasteiger partial charge on any atom is -0.384 e. The third kappa shape index (κ3) is 8.50. The van der Waals surface area contributed by atoms with Crippen molar-refractivity contribution in [3.8, 4) is 17.3 Å². The number of fused-ring (bicyclic) bond motifs is 1. The SMILES string of the molecule is C[C@H](Cn1ccc(-c2ccc(C#N)c(Cl)c2)n1)NC(=O)c1cc(CN2CCN(CCCCNc3cccc4c3C(=O)N(C3CCC(=O)NC3=O)C4=O)CC2)[nH]n1. The number of nitrogens with zero attached hydrogens (tertiary/aromatic N) is 7. The van der Waals surface area contributed by atoms with Crippen molar-refractivity contribution in [2.24, 2.45) is 0 Å². The summed E-state index contributed by atoms with van der Waals surface area (Å²) < 4.78 is 1.75. The van der Waals surface area contributed by atoms with Crippen LogP contribution in [-0.4, -0.2) is 116 Å². The van der Waals surface area contributed by atoms with E-state index in [2.05, 4.69) is 47.1 Å². The third-order valence-corrected chi connectivity index (χ3v) is 10.6.